The van der Waals surface area contributed by atoms with E-state index >= 15 is 0 Å². The second kappa shape index (κ2) is 6.88. The first-order chi connectivity index (χ1) is 8.41. The summed E-state index contributed by atoms with van der Waals surface area (Å²) in [6.07, 6.45) is 4.67. The highest BCUT2D eigenvalue weighted by Gasteiger charge is 2.29. The standard InChI is InChI=1S/C15H32N2O/c1-5-9-16-15(4,13-18)7-6-10-17-11-8-14(2,3)12-17/h16,18H,5-13H2,1-4H3. The molecule has 108 valence electrons. The highest BCUT2D eigenvalue weighted by atomic mass is 16.3. The molecule has 0 bridgehead atoms. The first-order valence-electron chi connectivity index (χ1n) is 7.49. The van der Waals surface area contributed by atoms with Crippen LogP contribution in [0.2, 0.25) is 0 Å². The maximum absolute atomic E-state index is 9.51. The second-order valence-electron chi connectivity index (χ2n) is 6.94. The Morgan fingerprint density at radius 2 is 2.11 bits per heavy atom. The van der Waals surface area contributed by atoms with Gasteiger partial charge in [0.15, 0.2) is 0 Å². The molecule has 3 nitrogen and oxygen atoms in total. The van der Waals surface area contributed by atoms with Gasteiger partial charge in [0, 0.05) is 12.1 Å². The molecule has 0 saturated carbocycles. The molecule has 1 fully saturated rings. The highest BCUT2D eigenvalue weighted by molar-refractivity contribution is 4.85. The van der Waals surface area contributed by atoms with Crippen LogP contribution in [0.1, 0.15) is 53.4 Å². The predicted molar refractivity (Wildman–Crippen MR) is 77.9 cm³/mol. The van der Waals surface area contributed by atoms with E-state index in [4.69, 9.17) is 0 Å². The van der Waals surface area contributed by atoms with Crippen LogP contribution in [0.4, 0.5) is 0 Å². The van der Waals surface area contributed by atoms with Crippen LogP contribution < -0.4 is 5.32 Å². The molecule has 0 aromatic carbocycles. The average Bonchev–Trinajstić information content (AvgIpc) is 2.66. The molecule has 3 heteroatoms. The molecule has 0 radical (unpaired) electrons. The normalized spacial score (nSPS) is 23.2. The molecule has 1 rings (SSSR count). The number of likely N-dealkylation sites (tertiary alicyclic amines) is 1. The van der Waals surface area contributed by atoms with E-state index in [-0.39, 0.29) is 12.1 Å². The zero-order chi connectivity index (χ0) is 13.6. The van der Waals surface area contributed by atoms with Gasteiger partial charge in [0.2, 0.25) is 0 Å². The van der Waals surface area contributed by atoms with E-state index in [1.807, 2.05) is 0 Å². The molecule has 18 heavy (non-hydrogen) atoms. The maximum Gasteiger partial charge on any atom is 0.0610 e. The van der Waals surface area contributed by atoms with Crippen molar-refractivity contribution < 1.29 is 5.11 Å². The van der Waals surface area contributed by atoms with Crippen LogP contribution in [0.15, 0.2) is 0 Å². The zero-order valence-corrected chi connectivity index (χ0v) is 12.8. The van der Waals surface area contributed by atoms with E-state index in [0.717, 1.165) is 19.4 Å². The first kappa shape index (κ1) is 15.9. The van der Waals surface area contributed by atoms with Gasteiger partial charge in [0.25, 0.3) is 0 Å². The Morgan fingerprint density at radius 1 is 1.39 bits per heavy atom. The van der Waals surface area contributed by atoms with Gasteiger partial charge in [-0.05, 0) is 57.7 Å². The Morgan fingerprint density at radius 3 is 2.61 bits per heavy atom. The SMILES string of the molecule is CCCNC(C)(CO)CCCN1CCC(C)(C)C1. The Balaban J connectivity index is 2.23. The van der Waals surface area contributed by atoms with E-state index in [2.05, 4.69) is 37.9 Å². The molecule has 1 aliphatic rings. The van der Waals surface area contributed by atoms with Crippen molar-refractivity contribution in [1.82, 2.24) is 10.2 Å². The van der Waals surface area contributed by atoms with E-state index in [9.17, 15) is 5.11 Å². The molecule has 0 spiro atoms. The fourth-order valence-electron chi connectivity index (χ4n) is 2.76. The van der Waals surface area contributed by atoms with Gasteiger partial charge in [-0.15, -0.1) is 0 Å². The fraction of sp³-hybridized carbons (Fsp3) is 1.00. The van der Waals surface area contributed by atoms with Crippen molar-refractivity contribution >= 4 is 0 Å². The van der Waals surface area contributed by atoms with Crippen molar-refractivity contribution in [1.29, 1.82) is 0 Å². The minimum atomic E-state index is -0.0920. The van der Waals surface area contributed by atoms with Crippen LogP contribution in [0.5, 0.6) is 0 Å². The minimum Gasteiger partial charge on any atom is -0.394 e. The molecule has 1 saturated heterocycles. The Bertz CT molecular complexity index is 243. The van der Waals surface area contributed by atoms with Crippen molar-refractivity contribution in [3.63, 3.8) is 0 Å². The second-order valence-corrected chi connectivity index (χ2v) is 6.94. The van der Waals surface area contributed by atoms with Crippen LogP contribution in [0.25, 0.3) is 0 Å². The number of nitrogens with one attached hydrogen (secondary N) is 1. The Hall–Kier alpha value is -0.120. The van der Waals surface area contributed by atoms with Crippen LogP contribution in [0.3, 0.4) is 0 Å². The third kappa shape index (κ3) is 5.25. The van der Waals surface area contributed by atoms with E-state index in [0.29, 0.717) is 5.41 Å². The summed E-state index contributed by atoms with van der Waals surface area (Å²) in [6.45, 7) is 13.9. The molecule has 1 aliphatic heterocycles. The van der Waals surface area contributed by atoms with E-state index < -0.39 is 0 Å². The molecule has 0 aliphatic carbocycles. The number of hydrogen-bond acceptors (Lipinski definition) is 3. The third-order valence-electron chi connectivity index (χ3n) is 4.11. The van der Waals surface area contributed by atoms with Gasteiger partial charge in [-0.3, -0.25) is 0 Å². The largest absolute Gasteiger partial charge is 0.394 e. The Labute approximate surface area is 113 Å². The summed E-state index contributed by atoms with van der Waals surface area (Å²) in [5.41, 5.74) is 0.409. The summed E-state index contributed by atoms with van der Waals surface area (Å²) in [6, 6.07) is 0. The van der Waals surface area contributed by atoms with Crippen molar-refractivity contribution in [3.05, 3.63) is 0 Å². The summed E-state index contributed by atoms with van der Waals surface area (Å²) in [7, 11) is 0. The molecule has 1 atom stereocenters. The van der Waals surface area contributed by atoms with Crippen LogP contribution in [-0.2, 0) is 0 Å². The average molecular weight is 256 g/mol. The summed E-state index contributed by atoms with van der Waals surface area (Å²) < 4.78 is 0. The van der Waals surface area contributed by atoms with Gasteiger partial charge in [0.05, 0.1) is 6.61 Å². The van der Waals surface area contributed by atoms with Gasteiger partial charge in [-0.2, -0.15) is 0 Å². The Kier molecular flexibility index (Phi) is 6.09. The number of nitrogens with zero attached hydrogens (tertiary/aromatic N) is 1. The monoisotopic (exact) mass is 256 g/mol. The summed E-state index contributed by atoms with van der Waals surface area (Å²) in [5, 5.41) is 13.0. The maximum atomic E-state index is 9.51. The molecule has 0 amide bonds. The number of aliphatic hydroxyl groups excluding tert-OH is 1. The number of rotatable bonds is 8. The summed E-state index contributed by atoms with van der Waals surface area (Å²) in [5.74, 6) is 0. The lowest BCUT2D eigenvalue weighted by molar-refractivity contribution is 0.158. The molecule has 0 aromatic heterocycles. The fourth-order valence-corrected chi connectivity index (χ4v) is 2.76. The van der Waals surface area contributed by atoms with Crippen LogP contribution >= 0.6 is 0 Å². The van der Waals surface area contributed by atoms with Gasteiger partial charge in [0.1, 0.15) is 0 Å². The molecular formula is C15H32N2O. The number of hydrogen-bond donors (Lipinski definition) is 2. The lowest BCUT2D eigenvalue weighted by Crippen LogP contribution is -2.46. The van der Waals surface area contributed by atoms with Crippen LogP contribution in [-0.4, -0.2) is 48.3 Å². The minimum absolute atomic E-state index is 0.0920. The van der Waals surface area contributed by atoms with E-state index in [1.54, 1.807) is 0 Å². The third-order valence-corrected chi connectivity index (χ3v) is 4.11. The van der Waals surface area contributed by atoms with E-state index in [1.165, 1.54) is 32.5 Å². The summed E-state index contributed by atoms with van der Waals surface area (Å²) >= 11 is 0. The molecule has 1 unspecified atom stereocenters. The van der Waals surface area contributed by atoms with Crippen molar-refractivity contribution in [2.24, 2.45) is 5.41 Å². The van der Waals surface area contributed by atoms with Crippen molar-refractivity contribution in [3.8, 4) is 0 Å². The van der Waals surface area contributed by atoms with Gasteiger partial charge in [-0.25, -0.2) is 0 Å². The van der Waals surface area contributed by atoms with Crippen LogP contribution in [0, 0.1) is 5.41 Å². The molecule has 0 aromatic rings. The predicted octanol–water partition coefficient (Wildman–Crippen LogP) is 2.25. The molecule has 1 heterocycles. The zero-order valence-electron chi connectivity index (χ0n) is 12.8. The lowest BCUT2D eigenvalue weighted by Gasteiger charge is -2.30. The molecule has 2 N–H and O–H groups in total. The van der Waals surface area contributed by atoms with Gasteiger partial charge >= 0.3 is 0 Å². The van der Waals surface area contributed by atoms with Gasteiger partial charge in [-0.1, -0.05) is 20.8 Å². The van der Waals surface area contributed by atoms with Gasteiger partial charge < -0.3 is 15.3 Å². The smallest absolute Gasteiger partial charge is 0.0610 e. The molecular weight excluding hydrogens is 224 g/mol. The van der Waals surface area contributed by atoms with Crippen molar-refractivity contribution in [2.45, 2.75) is 58.9 Å². The summed E-state index contributed by atoms with van der Waals surface area (Å²) in [4.78, 5) is 2.57. The van der Waals surface area contributed by atoms with Crippen molar-refractivity contribution in [2.75, 3.05) is 32.8 Å². The highest BCUT2D eigenvalue weighted by Crippen LogP contribution is 2.29. The quantitative estimate of drug-likeness (QED) is 0.699. The topological polar surface area (TPSA) is 35.5 Å². The lowest BCUT2D eigenvalue weighted by atomic mass is 9.93. The number of aliphatic hydroxyl groups is 1. The first-order valence-corrected chi connectivity index (χ1v) is 7.49.